The summed E-state index contributed by atoms with van der Waals surface area (Å²) in [5.74, 6) is 0.264. The number of aromatic hydroxyl groups is 1. The van der Waals surface area contributed by atoms with E-state index in [0.29, 0.717) is 12.2 Å². The molecule has 4 heteroatoms. The molecule has 4 nitrogen and oxygen atoms in total. The fourth-order valence-corrected chi connectivity index (χ4v) is 1.52. The predicted molar refractivity (Wildman–Crippen MR) is 67.4 cm³/mol. The Balaban J connectivity index is 2.32. The van der Waals surface area contributed by atoms with Crippen molar-refractivity contribution in [3.8, 4) is 5.75 Å². The van der Waals surface area contributed by atoms with Crippen molar-refractivity contribution in [2.45, 2.75) is 13.0 Å². The number of hydrogen-bond donors (Lipinski definition) is 3. The van der Waals surface area contributed by atoms with Gasteiger partial charge in [-0.15, -0.1) is 0 Å². The van der Waals surface area contributed by atoms with E-state index in [-0.39, 0.29) is 5.75 Å². The average molecular weight is 223 g/mol. The predicted octanol–water partition coefficient (Wildman–Crippen LogP) is 1.02. The number of nitrogens with one attached hydrogen (secondary N) is 1. The first kappa shape index (κ1) is 12.8. The normalized spacial score (nSPS) is 10.9. The summed E-state index contributed by atoms with van der Waals surface area (Å²) in [6.07, 6.45) is 1.08. The molecule has 0 saturated carbocycles. The summed E-state index contributed by atoms with van der Waals surface area (Å²) in [6, 6.07) is 5.21. The van der Waals surface area contributed by atoms with E-state index in [1.54, 1.807) is 18.2 Å². The maximum Gasteiger partial charge on any atom is 0.122 e. The van der Waals surface area contributed by atoms with E-state index in [0.717, 1.165) is 25.1 Å². The molecule has 0 spiro atoms. The summed E-state index contributed by atoms with van der Waals surface area (Å²) in [5, 5.41) is 12.9. The van der Waals surface area contributed by atoms with Gasteiger partial charge in [-0.25, -0.2) is 0 Å². The van der Waals surface area contributed by atoms with Crippen LogP contribution in [-0.4, -0.2) is 37.2 Å². The van der Waals surface area contributed by atoms with E-state index >= 15 is 0 Å². The number of phenolic OH excluding ortho intramolecular Hbond substituents is 1. The Hall–Kier alpha value is -1.26. The van der Waals surface area contributed by atoms with Crippen molar-refractivity contribution in [2.24, 2.45) is 0 Å². The SMILES string of the molecule is CN(C)CCCNCc1c(N)cccc1O. The molecule has 0 heterocycles. The first-order chi connectivity index (χ1) is 7.61. The van der Waals surface area contributed by atoms with Crippen LogP contribution in [0.2, 0.25) is 0 Å². The number of nitrogens with zero attached hydrogens (tertiary/aromatic N) is 1. The third-order valence-electron chi connectivity index (χ3n) is 2.45. The Morgan fingerprint density at radius 3 is 2.75 bits per heavy atom. The number of anilines is 1. The molecular formula is C12H21N3O. The van der Waals surface area contributed by atoms with E-state index in [4.69, 9.17) is 5.73 Å². The van der Waals surface area contributed by atoms with Crippen molar-refractivity contribution in [1.82, 2.24) is 10.2 Å². The first-order valence-corrected chi connectivity index (χ1v) is 5.53. The van der Waals surface area contributed by atoms with E-state index < -0.39 is 0 Å². The van der Waals surface area contributed by atoms with Crippen LogP contribution in [0.25, 0.3) is 0 Å². The lowest BCUT2D eigenvalue weighted by atomic mass is 10.1. The van der Waals surface area contributed by atoms with Crippen LogP contribution in [0.1, 0.15) is 12.0 Å². The lowest BCUT2D eigenvalue weighted by molar-refractivity contribution is 0.393. The van der Waals surface area contributed by atoms with E-state index in [2.05, 4.69) is 24.3 Å². The minimum atomic E-state index is 0.264. The smallest absolute Gasteiger partial charge is 0.122 e. The molecule has 0 saturated heterocycles. The molecule has 16 heavy (non-hydrogen) atoms. The quantitative estimate of drug-likeness (QED) is 0.497. The van der Waals surface area contributed by atoms with Gasteiger partial charge in [0.1, 0.15) is 5.75 Å². The van der Waals surface area contributed by atoms with Crippen LogP contribution < -0.4 is 11.1 Å². The highest BCUT2D eigenvalue weighted by Crippen LogP contribution is 2.22. The molecule has 0 aliphatic rings. The monoisotopic (exact) mass is 223 g/mol. The average Bonchev–Trinajstić information content (AvgIpc) is 2.21. The standard InChI is InChI=1S/C12H21N3O/c1-15(2)8-4-7-14-9-10-11(13)5-3-6-12(10)16/h3,5-6,14,16H,4,7-9,13H2,1-2H3. The molecule has 0 bridgehead atoms. The largest absolute Gasteiger partial charge is 0.508 e. The minimum absolute atomic E-state index is 0.264. The Morgan fingerprint density at radius 1 is 1.38 bits per heavy atom. The van der Waals surface area contributed by atoms with Crippen molar-refractivity contribution in [1.29, 1.82) is 0 Å². The van der Waals surface area contributed by atoms with Crippen LogP contribution in [0.3, 0.4) is 0 Å². The molecule has 1 rings (SSSR count). The second-order valence-electron chi connectivity index (χ2n) is 4.18. The minimum Gasteiger partial charge on any atom is -0.508 e. The van der Waals surface area contributed by atoms with Crippen molar-refractivity contribution in [2.75, 3.05) is 32.9 Å². The highest BCUT2D eigenvalue weighted by atomic mass is 16.3. The Labute approximate surface area is 97.1 Å². The van der Waals surface area contributed by atoms with Gasteiger partial charge >= 0.3 is 0 Å². The van der Waals surface area contributed by atoms with Crippen LogP contribution in [0.15, 0.2) is 18.2 Å². The van der Waals surface area contributed by atoms with Crippen molar-refractivity contribution in [3.05, 3.63) is 23.8 Å². The topological polar surface area (TPSA) is 61.5 Å². The lowest BCUT2D eigenvalue weighted by Gasteiger charge is -2.11. The van der Waals surface area contributed by atoms with E-state index in [1.165, 1.54) is 0 Å². The molecular weight excluding hydrogens is 202 g/mol. The fourth-order valence-electron chi connectivity index (χ4n) is 1.52. The second-order valence-corrected chi connectivity index (χ2v) is 4.18. The molecule has 0 atom stereocenters. The van der Waals surface area contributed by atoms with Gasteiger partial charge in [-0.2, -0.15) is 0 Å². The summed E-state index contributed by atoms with van der Waals surface area (Å²) >= 11 is 0. The maximum absolute atomic E-state index is 9.61. The zero-order chi connectivity index (χ0) is 12.0. The second kappa shape index (κ2) is 6.35. The van der Waals surface area contributed by atoms with Gasteiger partial charge in [0.25, 0.3) is 0 Å². The van der Waals surface area contributed by atoms with Crippen molar-refractivity contribution < 1.29 is 5.11 Å². The highest BCUT2D eigenvalue weighted by Gasteiger charge is 2.03. The Kier molecular flexibility index (Phi) is 5.08. The molecule has 4 N–H and O–H groups in total. The molecule has 0 aromatic heterocycles. The Bertz CT molecular complexity index is 306. The summed E-state index contributed by atoms with van der Waals surface area (Å²) in [4.78, 5) is 2.15. The summed E-state index contributed by atoms with van der Waals surface area (Å²) in [6.45, 7) is 2.60. The zero-order valence-electron chi connectivity index (χ0n) is 10.0. The van der Waals surface area contributed by atoms with Gasteiger partial charge in [0.2, 0.25) is 0 Å². The molecule has 0 unspecified atom stereocenters. The molecule has 0 amide bonds. The molecule has 0 aliphatic heterocycles. The van der Waals surface area contributed by atoms with Gasteiger partial charge in [-0.1, -0.05) is 6.07 Å². The summed E-state index contributed by atoms with van der Waals surface area (Å²) in [5.41, 5.74) is 7.20. The van der Waals surface area contributed by atoms with Crippen LogP contribution in [0.5, 0.6) is 5.75 Å². The number of benzene rings is 1. The molecule has 0 radical (unpaired) electrons. The number of rotatable bonds is 6. The third kappa shape index (κ3) is 4.08. The van der Waals surface area contributed by atoms with Gasteiger partial charge in [0, 0.05) is 17.8 Å². The maximum atomic E-state index is 9.61. The van der Waals surface area contributed by atoms with Crippen molar-refractivity contribution >= 4 is 5.69 Å². The molecule has 0 aliphatic carbocycles. The van der Waals surface area contributed by atoms with Gasteiger partial charge in [0.05, 0.1) is 0 Å². The van der Waals surface area contributed by atoms with Gasteiger partial charge in [-0.05, 0) is 45.7 Å². The van der Waals surface area contributed by atoms with Crippen molar-refractivity contribution in [3.63, 3.8) is 0 Å². The molecule has 90 valence electrons. The van der Waals surface area contributed by atoms with Crippen LogP contribution in [0, 0.1) is 0 Å². The summed E-state index contributed by atoms with van der Waals surface area (Å²) < 4.78 is 0. The molecule has 1 aromatic rings. The number of hydrogen-bond acceptors (Lipinski definition) is 4. The third-order valence-corrected chi connectivity index (χ3v) is 2.45. The number of nitrogen functional groups attached to an aromatic ring is 1. The fraction of sp³-hybridized carbons (Fsp3) is 0.500. The van der Waals surface area contributed by atoms with E-state index in [1.807, 2.05) is 0 Å². The van der Waals surface area contributed by atoms with Crippen LogP contribution in [0.4, 0.5) is 5.69 Å². The lowest BCUT2D eigenvalue weighted by Crippen LogP contribution is -2.21. The van der Waals surface area contributed by atoms with Gasteiger partial charge in [0.15, 0.2) is 0 Å². The van der Waals surface area contributed by atoms with Crippen LogP contribution >= 0.6 is 0 Å². The Morgan fingerprint density at radius 2 is 2.12 bits per heavy atom. The van der Waals surface area contributed by atoms with E-state index in [9.17, 15) is 5.11 Å². The molecule has 1 aromatic carbocycles. The number of phenols is 1. The molecule has 0 fully saturated rings. The van der Waals surface area contributed by atoms with Crippen LogP contribution in [-0.2, 0) is 6.54 Å². The highest BCUT2D eigenvalue weighted by molar-refractivity contribution is 5.53. The zero-order valence-corrected chi connectivity index (χ0v) is 10.0. The number of nitrogens with two attached hydrogens (primary N) is 1. The summed E-state index contributed by atoms with van der Waals surface area (Å²) in [7, 11) is 4.11. The first-order valence-electron chi connectivity index (χ1n) is 5.53. The van der Waals surface area contributed by atoms with Gasteiger partial charge < -0.3 is 21.1 Å². The van der Waals surface area contributed by atoms with Gasteiger partial charge in [-0.3, -0.25) is 0 Å².